The highest BCUT2D eigenvalue weighted by Gasteiger charge is 2.17. The van der Waals surface area contributed by atoms with Crippen LogP contribution in [-0.4, -0.2) is 20.6 Å². The van der Waals surface area contributed by atoms with E-state index in [4.69, 9.17) is 10.9 Å². The lowest BCUT2D eigenvalue weighted by Crippen LogP contribution is -2.15. The summed E-state index contributed by atoms with van der Waals surface area (Å²) in [5.41, 5.74) is 6.34. The van der Waals surface area contributed by atoms with Gasteiger partial charge in [0.25, 0.3) is 0 Å². The SMILES string of the molecule is Cc1ncn(-c2c(F)cc(C(N)=NO)cc2F)c1C. The number of aromatic nitrogens is 2. The highest BCUT2D eigenvalue weighted by atomic mass is 19.1. The van der Waals surface area contributed by atoms with Gasteiger partial charge in [-0.1, -0.05) is 5.16 Å². The van der Waals surface area contributed by atoms with Crippen molar-refractivity contribution in [1.82, 2.24) is 9.55 Å². The Morgan fingerprint density at radius 1 is 1.32 bits per heavy atom. The molecule has 0 aliphatic rings. The van der Waals surface area contributed by atoms with E-state index in [1.165, 1.54) is 10.9 Å². The van der Waals surface area contributed by atoms with Crippen molar-refractivity contribution >= 4 is 5.84 Å². The smallest absolute Gasteiger partial charge is 0.170 e. The number of amidine groups is 1. The van der Waals surface area contributed by atoms with Crippen LogP contribution in [0.5, 0.6) is 0 Å². The lowest BCUT2D eigenvalue weighted by molar-refractivity contribution is 0.318. The Balaban J connectivity index is 2.64. The lowest BCUT2D eigenvalue weighted by atomic mass is 10.1. The van der Waals surface area contributed by atoms with Crippen LogP contribution < -0.4 is 5.73 Å². The molecule has 0 spiro atoms. The molecule has 0 atom stereocenters. The molecule has 1 aromatic carbocycles. The Kier molecular flexibility index (Phi) is 3.20. The minimum Gasteiger partial charge on any atom is -0.409 e. The van der Waals surface area contributed by atoms with Crippen LogP contribution in [0.15, 0.2) is 23.6 Å². The maximum Gasteiger partial charge on any atom is 0.170 e. The zero-order valence-electron chi connectivity index (χ0n) is 10.4. The lowest BCUT2D eigenvalue weighted by Gasteiger charge is -2.10. The maximum absolute atomic E-state index is 14.0. The molecule has 3 N–H and O–H groups in total. The Bertz CT molecular complexity index is 641. The van der Waals surface area contributed by atoms with Crippen LogP contribution in [0.25, 0.3) is 5.69 Å². The average Bonchev–Trinajstić information content (AvgIpc) is 2.69. The summed E-state index contributed by atoms with van der Waals surface area (Å²) < 4.78 is 29.3. The fourth-order valence-corrected chi connectivity index (χ4v) is 1.73. The predicted octanol–water partition coefficient (Wildman–Crippen LogP) is 1.86. The van der Waals surface area contributed by atoms with Crippen LogP contribution in [-0.2, 0) is 0 Å². The molecular weight excluding hydrogens is 254 g/mol. The highest BCUT2D eigenvalue weighted by molar-refractivity contribution is 5.97. The van der Waals surface area contributed by atoms with Crippen molar-refractivity contribution in [2.24, 2.45) is 10.9 Å². The van der Waals surface area contributed by atoms with Gasteiger partial charge in [-0.3, -0.25) is 4.57 Å². The molecular formula is C12H12F2N4O. The summed E-state index contributed by atoms with van der Waals surface area (Å²) in [7, 11) is 0. The second-order valence-electron chi connectivity index (χ2n) is 4.06. The Morgan fingerprint density at radius 2 is 1.89 bits per heavy atom. The van der Waals surface area contributed by atoms with Crippen molar-refractivity contribution in [3.63, 3.8) is 0 Å². The zero-order valence-corrected chi connectivity index (χ0v) is 10.4. The molecule has 0 aliphatic heterocycles. The van der Waals surface area contributed by atoms with Gasteiger partial charge in [0.15, 0.2) is 17.5 Å². The molecule has 5 nitrogen and oxygen atoms in total. The number of rotatable bonds is 2. The van der Waals surface area contributed by atoms with E-state index in [1.807, 2.05) is 0 Å². The van der Waals surface area contributed by atoms with Crippen LogP contribution in [0.1, 0.15) is 17.0 Å². The molecule has 7 heteroatoms. The average molecular weight is 266 g/mol. The molecule has 2 aromatic rings. The first-order chi connectivity index (χ1) is 8.95. The van der Waals surface area contributed by atoms with Gasteiger partial charge in [-0.15, -0.1) is 0 Å². The predicted molar refractivity (Wildman–Crippen MR) is 65.5 cm³/mol. The number of hydrogen-bond donors (Lipinski definition) is 2. The Labute approximate surface area is 108 Å². The van der Waals surface area contributed by atoms with Crippen molar-refractivity contribution in [1.29, 1.82) is 0 Å². The van der Waals surface area contributed by atoms with Crippen LogP contribution in [0.4, 0.5) is 8.78 Å². The summed E-state index contributed by atoms with van der Waals surface area (Å²) in [5, 5.41) is 11.2. The van der Waals surface area contributed by atoms with E-state index in [0.29, 0.717) is 11.4 Å². The Hall–Kier alpha value is -2.44. The van der Waals surface area contributed by atoms with Gasteiger partial charge in [0, 0.05) is 11.3 Å². The number of nitrogens with zero attached hydrogens (tertiary/aromatic N) is 3. The number of benzene rings is 1. The van der Waals surface area contributed by atoms with Crippen molar-refractivity contribution in [3.8, 4) is 5.69 Å². The molecule has 0 bridgehead atoms. The fourth-order valence-electron chi connectivity index (χ4n) is 1.73. The normalized spacial score (nSPS) is 11.9. The third kappa shape index (κ3) is 2.14. The fraction of sp³-hybridized carbons (Fsp3) is 0.167. The number of hydrogen-bond acceptors (Lipinski definition) is 3. The van der Waals surface area contributed by atoms with Gasteiger partial charge in [-0.25, -0.2) is 13.8 Å². The molecule has 1 heterocycles. The molecule has 100 valence electrons. The monoisotopic (exact) mass is 266 g/mol. The second-order valence-corrected chi connectivity index (χ2v) is 4.06. The largest absolute Gasteiger partial charge is 0.409 e. The molecule has 0 radical (unpaired) electrons. The van der Waals surface area contributed by atoms with E-state index in [-0.39, 0.29) is 17.1 Å². The summed E-state index contributed by atoms with van der Waals surface area (Å²) >= 11 is 0. The third-order valence-electron chi connectivity index (χ3n) is 2.91. The van der Waals surface area contributed by atoms with Gasteiger partial charge in [-0.05, 0) is 26.0 Å². The Morgan fingerprint density at radius 3 is 2.32 bits per heavy atom. The van der Waals surface area contributed by atoms with Crippen molar-refractivity contribution in [3.05, 3.63) is 47.0 Å². The molecule has 0 fully saturated rings. The second kappa shape index (κ2) is 4.68. The first-order valence-electron chi connectivity index (χ1n) is 5.43. The van der Waals surface area contributed by atoms with Crippen molar-refractivity contribution in [2.45, 2.75) is 13.8 Å². The molecule has 0 amide bonds. The van der Waals surface area contributed by atoms with Gasteiger partial charge in [0.1, 0.15) is 5.69 Å². The van der Waals surface area contributed by atoms with Crippen molar-refractivity contribution < 1.29 is 14.0 Å². The first-order valence-corrected chi connectivity index (χ1v) is 5.43. The van der Waals surface area contributed by atoms with Gasteiger partial charge in [0.2, 0.25) is 0 Å². The standard InChI is InChI=1S/C12H12F2N4O/c1-6-7(2)18(5-16-6)11-9(13)3-8(4-10(11)14)12(15)17-19/h3-5,19H,1-2H3,(H2,15,17). The van der Waals surface area contributed by atoms with Crippen LogP contribution in [0, 0.1) is 25.5 Å². The molecule has 2 rings (SSSR count). The molecule has 0 aliphatic carbocycles. The van der Waals surface area contributed by atoms with Gasteiger partial charge < -0.3 is 10.9 Å². The summed E-state index contributed by atoms with van der Waals surface area (Å²) in [6.45, 7) is 3.45. The molecule has 1 aromatic heterocycles. The van der Waals surface area contributed by atoms with Crippen LogP contribution in [0.2, 0.25) is 0 Å². The summed E-state index contributed by atoms with van der Waals surface area (Å²) in [6, 6.07) is 2.00. The van der Waals surface area contributed by atoms with Gasteiger partial charge in [-0.2, -0.15) is 0 Å². The van der Waals surface area contributed by atoms with E-state index in [0.717, 1.165) is 12.1 Å². The minimum atomic E-state index is -0.817. The van der Waals surface area contributed by atoms with Crippen LogP contribution in [0.3, 0.4) is 0 Å². The maximum atomic E-state index is 14.0. The number of aryl methyl sites for hydroxylation is 1. The van der Waals surface area contributed by atoms with Gasteiger partial charge >= 0.3 is 0 Å². The van der Waals surface area contributed by atoms with Gasteiger partial charge in [0.05, 0.1) is 12.0 Å². The van der Waals surface area contributed by atoms with Crippen molar-refractivity contribution in [2.75, 3.05) is 0 Å². The van der Waals surface area contributed by atoms with E-state index >= 15 is 0 Å². The first kappa shape index (κ1) is 13.0. The molecule has 0 unspecified atom stereocenters. The van der Waals surface area contributed by atoms with E-state index in [2.05, 4.69) is 10.1 Å². The highest BCUT2D eigenvalue weighted by Crippen LogP contribution is 2.22. The third-order valence-corrected chi connectivity index (χ3v) is 2.91. The van der Waals surface area contributed by atoms with E-state index in [9.17, 15) is 8.78 Å². The number of nitrogens with two attached hydrogens (primary N) is 1. The summed E-state index contributed by atoms with van der Waals surface area (Å²) in [5.74, 6) is -1.99. The van der Waals surface area contributed by atoms with E-state index < -0.39 is 11.6 Å². The molecule has 0 saturated heterocycles. The zero-order chi connectivity index (χ0) is 14.2. The quantitative estimate of drug-likeness (QED) is 0.377. The van der Waals surface area contributed by atoms with E-state index in [1.54, 1.807) is 13.8 Å². The summed E-state index contributed by atoms with van der Waals surface area (Å²) in [6.07, 6.45) is 1.34. The van der Waals surface area contributed by atoms with Crippen LogP contribution >= 0.6 is 0 Å². The summed E-state index contributed by atoms with van der Waals surface area (Å²) in [4.78, 5) is 3.99. The molecule has 0 saturated carbocycles. The minimum absolute atomic E-state index is 0.0317. The molecule has 19 heavy (non-hydrogen) atoms. The number of imidazole rings is 1. The number of oxime groups is 1. The topological polar surface area (TPSA) is 76.4 Å². The number of halogens is 2.